The summed E-state index contributed by atoms with van der Waals surface area (Å²) in [5.41, 5.74) is 2.36. The molecule has 0 spiro atoms. The van der Waals surface area contributed by atoms with Crippen LogP contribution in [0, 0.1) is 0 Å². The van der Waals surface area contributed by atoms with E-state index in [0.29, 0.717) is 11.4 Å². The first-order chi connectivity index (χ1) is 12.0. The number of aromatic nitrogens is 3. The standard InChI is InChI=1S/C19H20N4O2/c1-11(2)23-18-15(10-20-23)13(9-17(24)21-18)14-8-12-6-4-5-7-16(12)22(3)19(14)25/h4-8,10-11,13H,9H2,1-3H3,(H,21,24)/t13-/m1/s1. The van der Waals surface area contributed by atoms with Gasteiger partial charge in [-0.1, -0.05) is 18.2 Å². The summed E-state index contributed by atoms with van der Waals surface area (Å²) in [4.78, 5) is 25.2. The molecular formula is C19H20N4O2. The van der Waals surface area contributed by atoms with Gasteiger partial charge in [0.05, 0.1) is 11.7 Å². The van der Waals surface area contributed by atoms with E-state index in [2.05, 4.69) is 10.4 Å². The Bertz CT molecular complexity index is 1050. The van der Waals surface area contributed by atoms with Gasteiger partial charge in [0, 0.05) is 36.6 Å². The molecule has 1 aliphatic heterocycles. The molecule has 0 saturated carbocycles. The fraction of sp³-hybridized carbons (Fsp3) is 0.316. The SMILES string of the molecule is CC(C)n1ncc2c1NC(=O)C[C@@H]2c1cc2ccccc2n(C)c1=O. The van der Waals surface area contributed by atoms with Crippen molar-refractivity contribution < 1.29 is 4.79 Å². The normalized spacial score (nSPS) is 17.0. The molecule has 128 valence electrons. The second kappa shape index (κ2) is 5.58. The van der Waals surface area contributed by atoms with Gasteiger partial charge in [-0.25, -0.2) is 4.68 Å². The lowest BCUT2D eigenvalue weighted by molar-refractivity contribution is -0.116. The lowest BCUT2D eigenvalue weighted by Crippen LogP contribution is -2.30. The Balaban J connectivity index is 1.95. The van der Waals surface area contributed by atoms with Crippen LogP contribution in [0.2, 0.25) is 0 Å². The molecule has 0 aliphatic carbocycles. The van der Waals surface area contributed by atoms with Crippen LogP contribution in [-0.2, 0) is 11.8 Å². The number of carbonyl (C=O) groups excluding carboxylic acids is 1. The van der Waals surface area contributed by atoms with Crippen molar-refractivity contribution >= 4 is 22.6 Å². The average molecular weight is 336 g/mol. The van der Waals surface area contributed by atoms with Gasteiger partial charge in [0.2, 0.25) is 5.91 Å². The van der Waals surface area contributed by atoms with Gasteiger partial charge >= 0.3 is 0 Å². The van der Waals surface area contributed by atoms with Gasteiger partial charge in [0.1, 0.15) is 5.82 Å². The van der Waals surface area contributed by atoms with Crippen molar-refractivity contribution in [1.82, 2.24) is 14.3 Å². The molecule has 3 aromatic rings. The van der Waals surface area contributed by atoms with Crippen molar-refractivity contribution in [2.45, 2.75) is 32.2 Å². The fourth-order valence-electron chi connectivity index (χ4n) is 3.60. The first-order valence-electron chi connectivity index (χ1n) is 8.43. The van der Waals surface area contributed by atoms with E-state index in [1.54, 1.807) is 22.5 Å². The number of amides is 1. The first kappa shape index (κ1) is 15.6. The van der Waals surface area contributed by atoms with Crippen molar-refractivity contribution in [3.8, 4) is 0 Å². The van der Waals surface area contributed by atoms with Crippen LogP contribution in [0.15, 0.2) is 41.3 Å². The third-order valence-corrected chi connectivity index (χ3v) is 4.87. The summed E-state index contributed by atoms with van der Waals surface area (Å²) >= 11 is 0. The number of rotatable bonds is 2. The average Bonchev–Trinajstić information content (AvgIpc) is 3.01. The molecule has 1 amide bonds. The Labute approximate surface area is 145 Å². The highest BCUT2D eigenvalue weighted by atomic mass is 16.2. The molecule has 4 rings (SSSR count). The molecule has 3 heterocycles. The predicted molar refractivity (Wildman–Crippen MR) is 96.9 cm³/mol. The molecule has 1 aliphatic rings. The summed E-state index contributed by atoms with van der Waals surface area (Å²) in [6.45, 7) is 4.02. The molecule has 6 nitrogen and oxygen atoms in total. The molecule has 0 saturated heterocycles. The quantitative estimate of drug-likeness (QED) is 0.782. The summed E-state index contributed by atoms with van der Waals surface area (Å²) in [5.74, 6) is 0.334. The molecule has 0 fully saturated rings. The summed E-state index contributed by atoms with van der Waals surface area (Å²) in [5, 5.41) is 8.32. The van der Waals surface area contributed by atoms with Gasteiger partial charge in [-0.15, -0.1) is 0 Å². The van der Waals surface area contributed by atoms with Crippen LogP contribution >= 0.6 is 0 Å². The Morgan fingerprint density at radius 3 is 2.72 bits per heavy atom. The van der Waals surface area contributed by atoms with Crippen LogP contribution in [0.4, 0.5) is 5.82 Å². The molecule has 1 aromatic carbocycles. The summed E-state index contributed by atoms with van der Waals surface area (Å²) < 4.78 is 3.45. The molecule has 0 radical (unpaired) electrons. The van der Waals surface area contributed by atoms with Crippen molar-refractivity contribution in [1.29, 1.82) is 0 Å². The second-order valence-electron chi connectivity index (χ2n) is 6.81. The number of nitrogens with one attached hydrogen (secondary N) is 1. The highest BCUT2D eigenvalue weighted by molar-refractivity contribution is 5.94. The number of nitrogens with zero attached hydrogens (tertiary/aromatic N) is 3. The number of para-hydroxylation sites is 1. The van der Waals surface area contributed by atoms with Gasteiger partial charge in [-0.3, -0.25) is 9.59 Å². The Morgan fingerprint density at radius 2 is 1.96 bits per heavy atom. The van der Waals surface area contributed by atoms with Gasteiger partial charge in [-0.05, 0) is 31.4 Å². The zero-order valence-electron chi connectivity index (χ0n) is 14.5. The monoisotopic (exact) mass is 336 g/mol. The fourth-order valence-corrected chi connectivity index (χ4v) is 3.60. The van der Waals surface area contributed by atoms with E-state index in [1.807, 2.05) is 44.2 Å². The van der Waals surface area contributed by atoms with E-state index >= 15 is 0 Å². The molecule has 0 bridgehead atoms. The van der Waals surface area contributed by atoms with Gasteiger partial charge in [0.15, 0.2) is 0 Å². The van der Waals surface area contributed by atoms with Crippen LogP contribution in [-0.4, -0.2) is 20.3 Å². The Morgan fingerprint density at radius 1 is 1.20 bits per heavy atom. The van der Waals surface area contributed by atoms with Gasteiger partial charge in [0.25, 0.3) is 5.56 Å². The second-order valence-corrected chi connectivity index (χ2v) is 6.81. The summed E-state index contributed by atoms with van der Waals surface area (Å²) in [6, 6.07) is 9.82. The van der Waals surface area contributed by atoms with Crippen molar-refractivity contribution in [2.75, 3.05) is 5.32 Å². The van der Waals surface area contributed by atoms with E-state index in [1.165, 1.54) is 0 Å². The van der Waals surface area contributed by atoms with E-state index in [-0.39, 0.29) is 29.8 Å². The van der Waals surface area contributed by atoms with Crippen LogP contribution in [0.5, 0.6) is 0 Å². The van der Waals surface area contributed by atoms with E-state index in [9.17, 15) is 9.59 Å². The number of fused-ring (bicyclic) bond motifs is 2. The smallest absolute Gasteiger partial charge is 0.254 e. The number of hydrogen-bond donors (Lipinski definition) is 1. The Kier molecular flexibility index (Phi) is 3.49. The van der Waals surface area contributed by atoms with E-state index < -0.39 is 0 Å². The number of benzene rings is 1. The largest absolute Gasteiger partial charge is 0.311 e. The molecular weight excluding hydrogens is 316 g/mol. The third-order valence-electron chi connectivity index (χ3n) is 4.87. The minimum atomic E-state index is -0.278. The maximum Gasteiger partial charge on any atom is 0.254 e. The molecule has 2 aromatic heterocycles. The molecule has 1 atom stereocenters. The zero-order chi connectivity index (χ0) is 17.7. The number of hydrogen-bond acceptors (Lipinski definition) is 3. The maximum atomic E-state index is 12.9. The van der Waals surface area contributed by atoms with Crippen molar-refractivity contribution in [3.05, 3.63) is 58.0 Å². The molecule has 1 N–H and O–H groups in total. The molecule has 6 heteroatoms. The number of anilines is 1. The number of aryl methyl sites for hydroxylation is 1. The van der Waals surface area contributed by atoms with Crippen LogP contribution in [0.1, 0.15) is 43.4 Å². The minimum absolute atomic E-state index is 0.0679. The Hall–Kier alpha value is -2.89. The number of pyridine rings is 1. The number of carbonyl (C=O) groups is 1. The lowest BCUT2D eigenvalue weighted by Gasteiger charge is -2.24. The first-order valence-corrected chi connectivity index (χ1v) is 8.43. The summed E-state index contributed by atoms with van der Waals surface area (Å²) in [7, 11) is 1.77. The van der Waals surface area contributed by atoms with Gasteiger partial charge < -0.3 is 9.88 Å². The van der Waals surface area contributed by atoms with Crippen molar-refractivity contribution in [2.24, 2.45) is 7.05 Å². The van der Waals surface area contributed by atoms with Crippen molar-refractivity contribution in [3.63, 3.8) is 0 Å². The maximum absolute atomic E-state index is 12.9. The predicted octanol–water partition coefficient (Wildman–Crippen LogP) is 2.79. The van der Waals surface area contributed by atoms with Crippen LogP contribution < -0.4 is 10.9 Å². The van der Waals surface area contributed by atoms with Crippen LogP contribution in [0.25, 0.3) is 10.9 Å². The minimum Gasteiger partial charge on any atom is -0.311 e. The highest BCUT2D eigenvalue weighted by Crippen LogP contribution is 2.37. The van der Waals surface area contributed by atoms with Crippen LogP contribution in [0.3, 0.4) is 0 Å². The zero-order valence-corrected chi connectivity index (χ0v) is 14.5. The van der Waals surface area contributed by atoms with Gasteiger partial charge in [-0.2, -0.15) is 5.10 Å². The van der Waals surface area contributed by atoms with E-state index in [4.69, 9.17) is 0 Å². The van der Waals surface area contributed by atoms with E-state index in [0.717, 1.165) is 16.5 Å². The lowest BCUT2D eigenvalue weighted by atomic mass is 9.87. The molecule has 25 heavy (non-hydrogen) atoms. The third kappa shape index (κ3) is 2.36. The highest BCUT2D eigenvalue weighted by Gasteiger charge is 2.32. The summed E-state index contributed by atoms with van der Waals surface area (Å²) in [6.07, 6.45) is 2.03. The molecule has 0 unspecified atom stereocenters. The topological polar surface area (TPSA) is 68.9 Å².